The molecule has 17 heavy (non-hydrogen) atoms. The molecule has 2 rings (SSSR count). The zero-order valence-corrected chi connectivity index (χ0v) is 10.3. The van der Waals surface area contributed by atoms with Crippen molar-refractivity contribution in [1.82, 2.24) is 4.90 Å². The van der Waals surface area contributed by atoms with E-state index < -0.39 is 6.10 Å². The van der Waals surface area contributed by atoms with Gasteiger partial charge in [0.05, 0.1) is 6.10 Å². The second kappa shape index (κ2) is 5.61. The SMILES string of the molecule is Cc1cc(C(O)CCN2CCCC2)ccc1F. The van der Waals surface area contributed by atoms with Crippen LogP contribution in [0.25, 0.3) is 0 Å². The molecule has 0 saturated carbocycles. The Kier molecular flexibility index (Phi) is 4.13. The molecule has 3 heteroatoms. The number of halogens is 1. The number of rotatable bonds is 4. The molecular formula is C14H20FNO. The van der Waals surface area contributed by atoms with Gasteiger partial charge in [0.15, 0.2) is 0 Å². The van der Waals surface area contributed by atoms with Crippen LogP contribution in [0.2, 0.25) is 0 Å². The first-order valence-electron chi connectivity index (χ1n) is 6.33. The molecule has 1 aromatic rings. The summed E-state index contributed by atoms with van der Waals surface area (Å²) in [5, 5.41) is 10.0. The Morgan fingerprint density at radius 2 is 2.06 bits per heavy atom. The number of likely N-dealkylation sites (tertiary alicyclic amines) is 1. The molecule has 0 spiro atoms. The van der Waals surface area contributed by atoms with Crippen LogP contribution in [0.15, 0.2) is 18.2 Å². The lowest BCUT2D eigenvalue weighted by molar-refractivity contribution is 0.149. The van der Waals surface area contributed by atoms with E-state index in [0.717, 1.165) is 31.6 Å². The quantitative estimate of drug-likeness (QED) is 0.870. The summed E-state index contributed by atoms with van der Waals surface area (Å²) in [6.07, 6.45) is 2.79. The summed E-state index contributed by atoms with van der Waals surface area (Å²) < 4.78 is 13.1. The maximum absolute atomic E-state index is 13.1. The van der Waals surface area contributed by atoms with Crippen LogP contribution in [0.1, 0.15) is 36.5 Å². The lowest BCUT2D eigenvalue weighted by atomic mass is 10.0. The van der Waals surface area contributed by atoms with E-state index in [1.165, 1.54) is 18.9 Å². The van der Waals surface area contributed by atoms with Crippen molar-refractivity contribution in [3.05, 3.63) is 35.1 Å². The number of aryl methyl sites for hydroxylation is 1. The van der Waals surface area contributed by atoms with Gasteiger partial charge in [-0.1, -0.05) is 12.1 Å². The second-order valence-electron chi connectivity index (χ2n) is 4.86. The van der Waals surface area contributed by atoms with Crippen LogP contribution in [0, 0.1) is 12.7 Å². The van der Waals surface area contributed by atoms with Gasteiger partial charge in [-0.2, -0.15) is 0 Å². The molecule has 1 saturated heterocycles. The predicted molar refractivity (Wildman–Crippen MR) is 66.4 cm³/mol. The monoisotopic (exact) mass is 237 g/mol. The molecule has 94 valence electrons. The lowest BCUT2D eigenvalue weighted by Gasteiger charge is -2.18. The molecule has 1 atom stereocenters. The summed E-state index contributed by atoms with van der Waals surface area (Å²) >= 11 is 0. The molecule has 1 aromatic carbocycles. The van der Waals surface area contributed by atoms with Gasteiger partial charge in [0.2, 0.25) is 0 Å². The number of hydrogen-bond donors (Lipinski definition) is 1. The first-order chi connectivity index (χ1) is 8.16. The number of benzene rings is 1. The third kappa shape index (κ3) is 3.27. The van der Waals surface area contributed by atoms with Gasteiger partial charge in [-0.25, -0.2) is 4.39 Å². The summed E-state index contributed by atoms with van der Waals surface area (Å²) in [6.45, 7) is 4.95. The molecule has 0 aliphatic carbocycles. The van der Waals surface area contributed by atoms with Crippen LogP contribution < -0.4 is 0 Å². The molecule has 1 aliphatic heterocycles. The van der Waals surface area contributed by atoms with Crippen LogP contribution in [-0.2, 0) is 0 Å². The smallest absolute Gasteiger partial charge is 0.126 e. The fourth-order valence-electron chi connectivity index (χ4n) is 2.35. The standard InChI is InChI=1S/C14H20FNO/c1-11-10-12(4-5-13(11)15)14(17)6-9-16-7-2-3-8-16/h4-5,10,14,17H,2-3,6-9H2,1H3. The Balaban J connectivity index is 1.89. The van der Waals surface area contributed by atoms with E-state index in [0.29, 0.717) is 5.56 Å². The summed E-state index contributed by atoms with van der Waals surface area (Å²) in [7, 11) is 0. The molecule has 1 fully saturated rings. The van der Waals surface area contributed by atoms with Crippen molar-refractivity contribution in [3.8, 4) is 0 Å². The van der Waals surface area contributed by atoms with Crippen molar-refractivity contribution in [2.75, 3.05) is 19.6 Å². The molecule has 0 radical (unpaired) electrons. The molecule has 1 aliphatic rings. The summed E-state index contributed by atoms with van der Waals surface area (Å²) in [5.74, 6) is -0.208. The van der Waals surface area contributed by atoms with E-state index in [9.17, 15) is 9.50 Å². The van der Waals surface area contributed by atoms with E-state index in [1.54, 1.807) is 19.1 Å². The molecule has 0 bridgehead atoms. The van der Waals surface area contributed by atoms with Gasteiger partial charge >= 0.3 is 0 Å². The Morgan fingerprint density at radius 3 is 2.71 bits per heavy atom. The van der Waals surface area contributed by atoms with Crippen molar-refractivity contribution >= 4 is 0 Å². The minimum atomic E-state index is -0.477. The minimum Gasteiger partial charge on any atom is -0.388 e. The van der Waals surface area contributed by atoms with Gasteiger partial charge in [-0.3, -0.25) is 0 Å². The third-order valence-electron chi connectivity index (χ3n) is 3.48. The molecule has 1 heterocycles. The molecule has 1 N–H and O–H groups in total. The zero-order chi connectivity index (χ0) is 12.3. The summed E-state index contributed by atoms with van der Waals surface area (Å²) in [5.41, 5.74) is 1.42. The topological polar surface area (TPSA) is 23.5 Å². The Morgan fingerprint density at radius 1 is 1.35 bits per heavy atom. The van der Waals surface area contributed by atoms with Crippen LogP contribution in [0.4, 0.5) is 4.39 Å². The zero-order valence-electron chi connectivity index (χ0n) is 10.3. The molecular weight excluding hydrogens is 217 g/mol. The molecule has 2 nitrogen and oxygen atoms in total. The van der Waals surface area contributed by atoms with Crippen molar-refractivity contribution in [3.63, 3.8) is 0 Å². The van der Waals surface area contributed by atoms with E-state index in [4.69, 9.17) is 0 Å². The number of nitrogens with zero attached hydrogens (tertiary/aromatic N) is 1. The Hall–Kier alpha value is -0.930. The number of aliphatic hydroxyl groups excluding tert-OH is 1. The average Bonchev–Trinajstić information content (AvgIpc) is 2.82. The summed E-state index contributed by atoms with van der Waals surface area (Å²) in [6, 6.07) is 4.85. The van der Waals surface area contributed by atoms with Crippen LogP contribution >= 0.6 is 0 Å². The van der Waals surface area contributed by atoms with E-state index in [1.807, 2.05) is 0 Å². The van der Waals surface area contributed by atoms with Gasteiger partial charge in [-0.15, -0.1) is 0 Å². The maximum atomic E-state index is 13.1. The highest BCUT2D eigenvalue weighted by molar-refractivity contribution is 5.25. The van der Waals surface area contributed by atoms with E-state index in [-0.39, 0.29) is 5.82 Å². The van der Waals surface area contributed by atoms with Crippen molar-refractivity contribution in [2.24, 2.45) is 0 Å². The van der Waals surface area contributed by atoms with Crippen LogP contribution in [0.5, 0.6) is 0 Å². The Labute approximate surface area is 102 Å². The fraction of sp³-hybridized carbons (Fsp3) is 0.571. The van der Waals surface area contributed by atoms with E-state index in [2.05, 4.69) is 4.90 Å². The largest absolute Gasteiger partial charge is 0.388 e. The van der Waals surface area contributed by atoms with Gasteiger partial charge in [0, 0.05) is 6.54 Å². The van der Waals surface area contributed by atoms with Crippen LogP contribution in [-0.4, -0.2) is 29.6 Å². The van der Waals surface area contributed by atoms with Gasteiger partial charge in [0.25, 0.3) is 0 Å². The van der Waals surface area contributed by atoms with Crippen LogP contribution in [0.3, 0.4) is 0 Å². The highest BCUT2D eigenvalue weighted by Gasteiger charge is 2.14. The average molecular weight is 237 g/mol. The Bertz CT molecular complexity index is 374. The minimum absolute atomic E-state index is 0.208. The number of aliphatic hydroxyl groups is 1. The molecule has 0 aromatic heterocycles. The third-order valence-corrected chi connectivity index (χ3v) is 3.48. The van der Waals surface area contributed by atoms with Crippen molar-refractivity contribution < 1.29 is 9.50 Å². The second-order valence-corrected chi connectivity index (χ2v) is 4.86. The van der Waals surface area contributed by atoms with Gasteiger partial charge in [0.1, 0.15) is 5.82 Å². The number of hydrogen-bond acceptors (Lipinski definition) is 2. The summed E-state index contributed by atoms with van der Waals surface area (Å²) in [4.78, 5) is 2.37. The molecule has 1 unspecified atom stereocenters. The van der Waals surface area contributed by atoms with Gasteiger partial charge in [-0.05, 0) is 56.5 Å². The van der Waals surface area contributed by atoms with Gasteiger partial charge < -0.3 is 10.0 Å². The maximum Gasteiger partial charge on any atom is 0.126 e. The van der Waals surface area contributed by atoms with Crippen molar-refractivity contribution in [1.29, 1.82) is 0 Å². The first-order valence-corrected chi connectivity index (χ1v) is 6.33. The molecule has 0 amide bonds. The lowest BCUT2D eigenvalue weighted by Crippen LogP contribution is -2.22. The normalized spacial score (nSPS) is 18.5. The van der Waals surface area contributed by atoms with E-state index >= 15 is 0 Å². The first kappa shape index (κ1) is 12.5. The highest BCUT2D eigenvalue weighted by Crippen LogP contribution is 2.20. The highest BCUT2D eigenvalue weighted by atomic mass is 19.1. The fourth-order valence-corrected chi connectivity index (χ4v) is 2.35. The van der Waals surface area contributed by atoms with Crippen molar-refractivity contribution in [2.45, 2.75) is 32.3 Å². The predicted octanol–water partition coefficient (Wildman–Crippen LogP) is 2.65.